The molecule has 1 heterocycles. The summed E-state index contributed by atoms with van der Waals surface area (Å²) in [5, 5.41) is 0. The molecular weight excluding hydrogens is 312 g/mol. The topological polar surface area (TPSA) is 71.1 Å². The minimum absolute atomic E-state index is 0.105. The lowest BCUT2D eigenvalue weighted by Crippen LogP contribution is -2.41. The maximum Gasteiger partial charge on any atom is 0.348 e. The molecule has 1 fully saturated rings. The van der Waals surface area contributed by atoms with Gasteiger partial charge in [-0.3, -0.25) is 0 Å². The van der Waals surface area contributed by atoms with E-state index in [0.717, 1.165) is 0 Å². The summed E-state index contributed by atoms with van der Waals surface area (Å²) < 4.78 is 21.0. The molecular formula is C18H18O6. The number of benzene rings is 1. The van der Waals surface area contributed by atoms with Crippen LogP contribution in [0.5, 0.6) is 11.5 Å². The van der Waals surface area contributed by atoms with Crippen molar-refractivity contribution in [2.75, 3.05) is 13.2 Å². The molecule has 6 heteroatoms. The Balaban J connectivity index is 2.32. The molecule has 1 aliphatic heterocycles. The average Bonchev–Trinajstić information content (AvgIpc) is 2.49. The predicted molar refractivity (Wildman–Crippen MR) is 86.2 cm³/mol. The number of rotatable bonds is 5. The number of carbonyl (C=O) groups excluding carboxylic acids is 2. The van der Waals surface area contributed by atoms with Crippen molar-refractivity contribution in [3.63, 3.8) is 0 Å². The van der Waals surface area contributed by atoms with Gasteiger partial charge in [-0.15, -0.1) is 6.42 Å². The van der Waals surface area contributed by atoms with Crippen molar-refractivity contribution < 1.29 is 28.5 Å². The maximum atomic E-state index is 12.0. The van der Waals surface area contributed by atoms with Crippen molar-refractivity contribution in [2.24, 2.45) is 0 Å². The van der Waals surface area contributed by atoms with Gasteiger partial charge in [0.15, 0.2) is 11.5 Å². The van der Waals surface area contributed by atoms with Crippen LogP contribution in [0.4, 0.5) is 0 Å². The quantitative estimate of drug-likeness (QED) is 0.357. The highest BCUT2D eigenvalue weighted by Gasteiger charge is 2.38. The second-order valence-electron chi connectivity index (χ2n) is 5.37. The molecule has 0 spiro atoms. The average molecular weight is 330 g/mol. The van der Waals surface area contributed by atoms with Gasteiger partial charge in [0.1, 0.15) is 12.2 Å². The van der Waals surface area contributed by atoms with Gasteiger partial charge in [0, 0.05) is 13.8 Å². The van der Waals surface area contributed by atoms with Crippen molar-refractivity contribution in [3.05, 3.63) is 29.3 Å². The molecule has 0 atom stereocenters. The Bertz CT molecular complexity index is 702. The van der Waals surface area contributed by atoms with Crippen molar-refractivity contribution >= 4 is 18.0 Å². The highest BCUT2D eigenvalue weighted by atomic mass is 16.7. The number of cyclic esters (lactones) is 2. The molecule has 0 saturated carbocycles. The number of hydrogen-bond acceptors (Lipinski definition) is 6. The number of esters is 2. The van der Waals surface area contributed by atoms with Gasteiger partial charge in [-0.1, -0.05) is 12.0 Å². The molecule has 126 valence electrons. The van der Waals surface area contributed by atoms with E-state index in [0.29, 0.717) is 23.7 Å². The predicted octanol–water partition coefficient (Wildman–Crippen LogP) is 2.32. The Labute approximate surface area is 140 Å². The Morgan fingerprint density at radius 3 is 2.42 bits per heavy atom. The summed E-state index contributed by atoms with van der Waals surface area (Å²) >= 11 is 0. The minimum atomic E-state index is -1.27. The van der Waals surface area contributed by atoms with Gasteiger partial charge >= 0.3 is 11.9 Å². The monoisotopic (exact) mass is 330 g/mol. The van der Waals surface area contributed by atoms with Crippen molar-refractivity contribution in [2.45, 2.75) is 26.6 Å². The van der Waals surface area contributed by atoms with Gasteiger partial charge in [0.05, 0.1) is 6.61 Å². The molecule has 0 amide bonds. The Kier molecular flexibility index (Phi) is 5.14. The summed E-state index contributed by atoms with van der Waals surface area (Å²) in [4.78, 5) is 23.9. The highest BCUT2D eigenvalue weighted by molar-refractivity contribution is 6.18. The van der Waals surface area contributed by atoms with E-state index in [1.54, 1.807) is 18.2 Å². The Morgan fingerprint density at radius 1 is 1.17 bits per heavy atom. The SMILES string of the molecule is C#CCOc1ccc(C=C2C(=O)OC(C)(C)OC2=O)cc1OCC. The Morgan fingerprint density at radius 2 is 1.83 bits per heavy atom. The first-order valence-electron chi connectivity index (χ1n) is 7.38. The third-order valence-electron chi connectivity index (χ3n) is 3.01. The van der Waals surface area contributed by atoms with Crippen LogP contribution in [0.1, 0.15) is 26.3 Å². The second kappa shape index (κ2) is 7.09. The third-order valence-corrected chi connectivity index (χ3v) is 3.01. The molecule has 24 heavy (non-hydrogen) atoms. The normalized spacial score (nSPS) is 15.8. The molecule has 2 rings (SSSR count). The second-order valence-corrected chi connectivity index (χ2v) is 5.37. The van der Waals surface area contributed by atoms with Gasteiger partial charge < -0.3 is 18.9 Å². The van der Waals surface area contributed by atoms with Gasteiger partial charge in [-0.2, -0.15) is 0 Å². The minimum Gasteiger partial charge on any atom is -0.490 e. The van der Waals surface area contributed by atoms with Crippen LogP contribution < -0.4 is 9.47 Å². The zero-order valence-corrected chi connectivity index (χ0v) is 13.8. The number of carbonyl (C=O) groups is 2. The van der Waals surface area contributed by atoms with E-state index in [1.165, 1.54) is 19.9 Å². The molecule has 0 aromatic heterocycles. The zero-order chi connectivity index (χ0) is 17.7. The summed E-state index contributed by atoms with van der Waals surface area (Å²) in [6.45, 7) is 5.34. The number of ether oxygens (including phenoxy) is 4. The van der Waals surface area contributed by atoms with E-state index in [4.69, 9.17) is 25.4 Å². The van der Waals surface area contributed by atoms with Crippen LogP contribution in [0.2, 0.25) is 0 Å². The fourth-order valence-electron chi connectivity index (χ4n) is 2.07. The third kappa shape index (κ3) is 4.07. The van der Waals surface area contributed by atoms with Gasteiger partial charge in [-0.25, -0.2) is 9.59 Å². The standard InChI is InChI=1S/C18H18O6/c1-5-9-22-14-8-7-12(11-15(14)21-6-2)10-13-16(19)23-18(3,4)24-17(13)20/h1,7-8,10-11H,6,9H2,2-4H3. The van der Waals surface area contributed by atoms with E-state index in [2.05, 4.69) is 5.92 Å². The first-order chi connectivity index (χ1) is 11.4. The van der Waals surface area contributed by atoms with Crippen molar-refractivity contribution in [1.82, 2.24) is 0 Å². The van der Waals surface area contributed by atoms with Gasteiger partial charge in [-0.05, 0) is 30.7 Å². The summed E-state index contributed by atoms with van der Waals surface area (Å²) in [7, 11) is 0. The van der Waals surface area contributed by atoms with Crippen LogP contribution in [-0.2, 0) is 19.1 Å². The highest BCUT2D eigenvalue weighted by Crippen LogP contribution is 2.30. The lowest BCUT2D eigenvalue weighted by atomic mass is 10.1. The summed E-state index contributed by atoms with van der Waals surface area (Å²) in [6, 6.07) is 4.96. The smallest absolute Gasteiger partial charge is 0.348 e. The maximum absolute atomic E-state index is 12.0. The lowest BCUT2D eigenvalue weighted by molar-refractivity contribution is -0.222. The molecule has 0 radical (unpaired) electrons. The van der Waals surface area contributed by atoms with E-state index < -0.39 is 17.7 Å². The van der Waals surface area contributed by atoms with Crippen LogP contribution >= 0.6 is 0 Å². The van der Waals surface area contributed by atoms with E-state index in [1.807, 2.05) is 6.92 Å². The van der Waals surface area contributed by atoms with Gasteiger partial charge in [0.2, 0.25) is 0 Å². The van der Waals surface area contributed by atoms with Crippen LogP contribution in [0, 0.1) is 12.3 Å². The Hall–Kier alpha value is -2.94. The van der Waals surface area contributed by atoms with E-state index in [9.17, 15) is 9.59 Å². The van der Waals surface area contributed by atoms with Crippen LogP contribution in [0.25, 0.3) is 6.08 Å². The van der Waals surface area contributed by atoms with Gasteiger partial charge in [0.25, 0.3) is 5.79 Å². The summed E-state index contributed by atoms with van der Waals surface area (Å²) in [6.07, 6.45) is 6.56. The molecule has 0 N–H and O–H groups in total. The fourth-order valence-corrected chi connectivity index (χ4v) is 2.07. The number of hydrogen-bond donors (Lipinski definition) is 0. The van der Waals surface area contributed by atoms with E-state index >= 15 is 0 Å². The van der Waals surface area contributed by atoms with E-state index in [-0.39, 0.29) is 12.2 Å². The van der Waals surface area contributed by atoms with Crippen LogP contribution in [0.3, 0.4) is 0 Å². The van der Waals surface area contributed by atoms with Crippen molar-refractivity contribution in [3.8, 4) is 23.8 Å². The largest absolute Gasteiger partial charge is 0.490 e. The molecule has 1 aromatic carbocycles. The summed E-state index contributed by atoms with van der Waals surface area (Å²) in [5.74, 6) is 0.572. The number of terminal acetylenes is 1. The first kappa shape index (κ1) is 17.4. The molecule has 1 saturated heterocycles. The first-order valence-corrected chi connectivity index (χ1v) is 7.38. The molecule has 0 unspecified atom stereocenters. The van der Waals surface area contributed by atoms with Crippen LogP contribution in [-0.4, -0.2) is 30.9 Å². The molecule has 6 nitrogen and oxygen atoms in total. The lowest BCUT2D eigenvalue weighted by Gasteiger charge is -2.29. The molecule has 0 aliphatic carbocycles. The fraction of sp³-hybridized carbons (Fsp3) is 0.333. The molecule has 1 aliphatic rings. The molecule has 1 aromatic rings. The molecule has 0 bridgehead atoms. The van der Waals surface area contributed by atoms with Crippen LogP contribution in [0.15, 0.2) is 23.8 Å². The summed E-state index contributed by atoms with van der Waals surface area (Å²) in [5.41, 5.74) is 0.379. The van der Waals surface area contributed by atoms with Crippen molar-refractivity contribution in [1.29, 1.82) is 0 Å². The zero-order valence-electron chi connectivity index (χ0n) is 13.8.